The summed E-state index contributed by atoms with van der Waals surface area (Å²) in [7, 11) is 1.39. The summed E-state index contributed by atoms with van der Waals surface area (Å²) in [6.45, 7) is 2.66. The normalized spacial score (nSPS) is 30.6. The minimum atomic E-state index is -0.273. The van der Waals surface area contributed by atoms with Crippen molar-refractivity contribution in [1.82, 2.24) is 4.90 Å². The van der Waals surface area contributed by atoms with E-state index in [9.17, 15) is 4.79 Å². The topological polar surface area (TPSA) is 55.6 Å². The fourth-order valence-corrected chi connectivity index (χ4v) is 1.34. The molecule has 1 saturated heterocycles. The maximum absolute atomic E-state index is 11.0. The van der Waals surface area contributed by atoms with Gasteiger partial charge in [-0.25, -0.2) is 4.79 Å². The number of likely N-dealkylation sites (tertiary alicyclic amines) is 1. The van der Waals surface area contributed by atoms with Crippen LogP contribution in [0.4, 0.5) is 4.79 Å². The van der Waals surface area contributed by atoms with Crippen molar-refractivity contribution in [2.75, 3.05) is 13.7 Å². The summed E-state index contributed by atoms with van der Waals surface area (Å²) >= 11 is 0. The van der Waals surface area contributed by atoms with Gasteiger partial charge in [-0.05, 0) is 13.3 Å². The Bertz CT molecular complexity index is 161. The first-order valence-electron chi connectivity index (χ1n) is 3.77. The Morgan fingerprint density at radius 2 is 2.36 bits per heavy atom. The Labute approximate surface area is 66.3 Å². The summed E-state index contributed by atoms with van der Waals surface area (Å²) in [6, 6.07) is 0.219. The molecule has 64 valence electrons. The number of rotatable bonds is 0. The fraction of sp³-hybridized carbons (Fsp3) is 0.857. The highest BCUT2D eigenvalue weighted by molar-refractivity contribution is 5.68. The lowest BCUT2D eigenvalue weighted by Gasteiger charge is -2.21. The number of methoxy groups -OCH3 is 1. The molecule has 0 saturated carbocycles. The highest BCUT2D eigenvalue weighted by Gasteiger charge is 2.31. The van der Waals surface area contributed by atoms with Crippen molar-refractivity contribution in [3.05, 3.63) is 0 Å². The number of carbonyl (C=O) groups is 1. The third kappa shape index (κ3) is 1.45. The lowest BCUT2D eigenvalue weighted by Crippen LogP contribution is -2.40. The van der Waals surface area contributed by atoms with E-state index in [0.717, 1.165) is 13.0 Å². The van der Waals surface area contributed by atoms with Crippen LogP contribution in [0.3, 0.4) is 0 Å². The van der Waals surface area contributed by atoms with Gasteiger partial charge in [0.05, 0.1) is 7.11 Å². The number of nitrogens with zero attached hydrogens (tertiary/aromatic N) is 1. The second kappa shape index (κ2) is 3.09. The Balaban J connectivity index is 2.54. The Morgan fingerprint density at radius 3 is 2.73 bits per heavy atom. The molecule has 2 atom stereocenters. The van der Waals surface area contributed by atoms with E-state index in [0.29, 0.717) is 0 Å². The minimum absolute atomic E-state index is 0.106. The molecule has 1 amide bonds. The highest BCUT2D eigenvalue weighted by Crippen LogP contribution is 2.15. The minimum Gasteiger partial charge on any atom is -0.453 e. The lowest BCUT2D eigenvalue weighted by molar-refractivity contribution is 0.120. The van der Waals surface area contributed by atoms with E-state index in [-0.39, 0.29) is 18.2 Å². The summed E-state index contributed by atoms with van der Waals surface area (Å²) in [5.74, 6) is 0. The van der Waals surface area contributed by atoms with Gasteiger partial charge in [-0.2, -0.15) is 0 Å². The number of hydrogen-bond donors (Lipinski definition) is 1. The third-order valence-electron chi connectivity index (χ3n) is 2.22. The van der Waals surface area contributed by atoms with Crippen molar-refractivity contribution in [3.63, 3.8) is 0 Å². The van der Waals surface area contributed by atoms with Crippen LogP contribution < -0.4 is 5.73 Å². The van der Waals surface area contributed by atoms with Crippen molar-refractivity contribution in [2.24, 2.45) is 5.73 Å². The Hall–Kier alpha value is -0.770. The van der Waals surface area contributed by atoms with Gasteiger partial charge in [0.15, 0.2) is 0 Å². The van der Waals surface area contributed by atoms with E-state index < -0.39 is 0 Å². The smallest absolute Gasteiger partial charge is 0.409 e. The van der Waals surface area contributed by atoms with Crippen LogP contribution >= 0.6 is 0 Å². The zero-order valence-electron chi connectivity index (χ0n) is 6.91. The number of amides is 1. The summed E-state index contributed by atoms with van der Waals surface area (Å²) in [4.78, 5) is 12.7. The molecule has 0 spiro atoms. The molecule has 0 radical (unpaired) electrons. The molecule has 11 heavy (non-hydrogen) atoms. The molecule has 0 aliphatic carbocycles. The van der Waals surface area contributed by atoms with E-state index in [1.807, 2.05) is 6.92 Å². The maximum Gasteiger partial charge on any atom is 0.409 e. The van der Waals surface area contributed by atoms with Crippen LogP contribution in [0, 0.1) is 0 Å². The Morgan fingerprint density at radius 1 is 1.73 bits per heavy atom. The molecule has 4 heteroatoms. The van der Waals surface area contributed by atoms with Gasteiger partial charge < -0.3 is 15.4 Å². The summed E-state index contributed by atoms with van der Waals surface area (Å²) < 4.78 is 4.58. The van der Waals surface area contributed by atoms with Crippen LogP contribution in [0.1, 0.15) is 13.3 Å². The van der Waals surface area contributed by atoms with E-state index >= 15 is 0 Å². The number of ether oxygens (including phenoxy) is 1. The summed E-state index contributed by atoms with van der Waals surface area (Å²) in [5.41, 5.74) is 5.71. The average molecular weight is 158 g/mol. The quantitative estimate of drug-likeness (QED) is 0.547. The van der Waals surface area contributed by atoms with Crippen molar-refractivity contribution < 1.29 is 9.53 Å². The molecule has 0 aromatic rings. The lowest BCUT2D eigenvalue weighted by atomic mass is 10.2. The average Bonchev–Trinajstić information content (AvgIpc) is 2.32. The second-order valence-electron chi connectivity index (χ2n) is 2.86. The van der Waals surface area contributed by atoms with Gasteiger partial charge in [0.2, 0.25) is 0 Å². The molecule has 2 N–H and O–H groups in total. The van der Waals surface area contributed by atoms with E-state index in [1.54, 1.807) is 4.90 Å². The van der Waals surface area contributed by atoms with Crippen LogP contribution in [-0.2, 0) is 4.74 Å². The van der Waals surface area contributed by atoms with E-state index in [4.69, 9.17) is 5.73 Å². The fourth-order valence-electron chi connectivity index (χ4n) is 1.34. The molecule has 0 bridgehead atoms. The maximum atomic E-state index is 11.0. The molecule has 0 aromatic heterocycles. The Kier molecular flexibility index (Phi) is 2.34. The molecule has 2 unspecified atom stereocenters. The molecular formula is C7H14N2O2. The van der Waals surface area contributed by atoms with E-state index in [2.05, 4.69) is 4.74 Å². The van der Waals surface area contributed by atoms with Crippen LogP contribution in [0.5, 0.6) is 0 Å². The first kappa shape index (κ1) is 8.33. The molecular weight excluding hydrogens is 144 g/mol. The van der Waals surface area contributed by atoms with Gasteiger partial charge in [-0.3, -0.25) is 0 Å². The number of nitrogens with two attached hydrogens (primary N) is 1. The van der Waals surface area contributed by atoms with Gasteiger partial charge in [0.25, 0.3) is 0 Å². The van der Waals surface area contributed by atoms with E-state index in [1.165, 1.54) is 7.11 Å². The van der Waals surface area contributed by atoms with Crippen LogP contribution in [0.15, 0.2) is 0 Å². The van der Waals surface area contributed by atoms with Crippen molar-refractivity contribution >= 4 is 6.09 Å². The van der Waals surface area contributed by atoms with Crippen LogP contribution in [0.25, 0.3) is 0 Å². The van der Waals surface area contributed by atoms with Gasteiger partial charge in [0, 0.05) is 18.6 Å². The van der Waals surface area contributed by atoms with Gasteiger partial charge in [0.1, 0.15) is 0 Å². The van der Waals surface area contributed by atoms with Gasteiger partial charge in [-0.15, -0.1) is 0 Å². The van der Waals surface area contributed by atoms with Gasteiger partial charge >= 0.3 is 6.09 Å². The monoisotopic (exact) mass is 158 g/mol. The van der Waals surface area contributed by atoms with Crippen molar-refractivity contribution in [3.8, 4) is 0 Å². The first-order chi connectivity index (χ1) is 5.16. The largest absolute Gasteiger partial charge is 0.453 e. The highest BCUT2D eigenvalue weighted by atomic mass is 16.5. The predicted molar refractivity (Wildman–Crippen MR) is 41.2 cm³/mol. The van der Waals surface area contributed by atoms with Crippen molar-refractivity contribution in [2.45, 2.75) is 25.4 Å². The molecule has 1 fully saturated rings. The first-order valence-corrected chi connectivity index (χ1v) is 3.77. The number of hydrogen-bond acceptors (Lipinski definition) is 3. The summed E-state index contributed by atoms with van der Waals surface area (Å²) in [5, 5.41) is 0. The second-order valence-corrected chi connectivity index (χ2v) is 2.86. The SMILES string of the molecule is COC(=O)N1CCC(N)C1C. The summed E-state index contributed by atoms with van der Waals surface area (Å²) in [6.07, 6.45) is 0.599. The standard InChI is InChI=1S/C7H14N2O2/c1-5-6(8)3-4-9(5)7(10)11-2/h5-6H,3-4,8H2,1-2H3. The number of carbonyl (C=O) groups excluding carboxylic acids is 1. The van der Waals surface area contributed by atoms with Crippen LogP contribution in [-0.4, -0.2) is 36.7 Å². The molecule has 0 aromatic carbocycles. The predicted octanol–water partition coefficient (Wildman–Crippen LogP) is 0.174. The molecule has 1 heterocycles. The molecule has 1 aliphatic heterocycles. The molecule has 1 rings (SSSR count). The zero-order chi connectivity index (χ0) is 8.43. The van der Waals surface area contributed by atoms with Crippen LogP contribution in [0.2, 0.25) is 0 Å². The van der Waals surface area contributed by atoms with Crippen molar-refractivity contribution in [1.29, 1.82) is 0 Å². The molecule has 1 aliphatic rings. The zero-order valence-corrected chi connectivity index (χ0v) is 6.91. The van der Waals surface area contributed by atoms with Gasteiger partial charge in [-0.1, -0.05) is 0 Å². The molecule has 4 nitrogen and oxygen atoms in total. The third-order valence-corrected chi connectivity index (χ3v) is 2.22.